The van der Waals surface area contributed by atoms with Crippen LogP contribution in [0.4, 0.5) is 4.39 Å². The SMILES string of the molecule is CC(C)(CNC(=O)CSc1ccc(F)cc1)c1ccsc1. The lowest BCUT2D eigenvalue weighted by Crippen LogP contribution is -2.37. The Morgan fingerprint density at radius 2 is 2.00 bits per heavy atom. The van der Waals surface area contributed by atoms with Crippen molar-refractivity contribution in [2.75, 3.05) is 12.3 Å². The number of thiophene rings is 1. The van der Waals surface area contributed by atoms with Crippen molar-refractivity contribution in [3.8, 4) is 0 Å². The zero-order chi connectivity index (χ0) is 15.3. The minimum Gasteiger partial charge on any atom is -0.355 e. The van der Waals surface area contributed by atoms with Gasteiger partial charge in [0, 0.05) is 16.9 Å². The van der Waals surface area contributed by atoms with Crippen molar-refractivity contribution in [2.45, 2.75) is 24.2 Å². The molecule has 0 aliphatic carbocycles. The molecule has 1 amide bonds. The van der Waals surface area contributed by atoms with Crippen molar-refractivity contribution < 1.29 is 9.18 Å². The van der Waals surface area contributed by atoms with Gasteiger partial charge < -0.3 is 5.32 Å². The summed E-state index contributed by atoms with van der Waals surface area (Å²) in [5.41, 5.74) is 1.16. The molecule has 0 bridgehead atoms. The summed E-state index contributed by atoms with van der Waals surface area (Å²) in [6.07, 6.45) is 0. The van der Waals surface area contributed by atoms with Gasteiger partial charge in [-0.25, -0.2) is 4.39 Å². The molecule has 2 rings (SSSR count). The van der Waals surface area contributed by atoms with Crippen LogP contribution in [-0.4, -0.2) is 18.2 Å². The van der Waals surface area contributed by atoms with E-state index >= 15 is 0 Å². The highest BCUT2D eigenvalue weighted by atomic mass is 32.2. The molecule has 0 spiro atoms. The third kappa shape index (κ3) is 4.86. The summed E-state index contributed by atoms with van der Waals surface area (Å²) in [4.78, 5) is 12.8. The van der Waals surface area contributed by atoms with Gasteiger partial charge in [0.05, 0.1) is 5.75 Å². The molecule has 0 aliphatic heterocycles. The first-order valence-corrected chi connectivity index (χ1v) is 8.58. The smallest absolute Gasteiger partial charge is 0.230 e. The number of amides is 1. The highest BCUT2D eigenvalue weighted by Crippen LogP contribution is 2.24. The van der Waals surface area contributed by atoms with Crippen LogP contribution >= 0.6 is 23.1 Å². The summed E-state index contributed by atoms with van der Waals surface area (Å²) < 4.78 is 12.8. The molecule has 0 atom stereocenters. The van der Waals surface area contributed by atoms with Gasteiger partial charge in [0.2, 0.25) is 5.91 Å². The molecule has 5 heteroatoms. The van der Waals surface area contributed by atoms with Gasteiger partial charge in [-0.3, -0.25) is 4.79 Å². The number of benzene rings is 1. The minimum absolute atomic E-state index is 0.00682. The maximum atomic E-state index is 12.8. The molecule has 1 heterocycles. The first-order valence-electron chi connectivity index (χ1n) is 6.65. The van der Waals surface area contributed by atoms with E-state index in [2.05, 4.69) is 30.6 Å². The van der Waals surface area contributed by atoms with E-state index in [-0.39, 0.29) is 17.1 Å². The van der Waals surface area contributed by atoms with E-state index in [0.717, 1.165) is 4.90 Å². The summed E-state index contributed by atoms with van der Waals surface area (Å²) in [5, 5.41) is 7.12. The number of hydrogen-bond donors (Lipinski definition) is 1. The molecule has 21 heavy (non-hydrogen) atoms. The van der Waals surface area contributed by atoms with Crippen LogP contribution in [0.2, 0.25) is 0 Å². The number of carbonyl (C=O) groups excluding carboxylic acids is 1. The zero-order valence-electron chi connectivity index (χ0n) is 12.1. The molecule has 0 aliphatic rings. The van der Waals surface area contributed by atoms with Gasteiger partial charge in [-0.15, -0.1) is 11.8 Å². The lowest BCUT2D eigenvalue weighted by molar-refractivity contribution is -0.118. The maximum absolute atomic E-state index is 12.8. The van der Waals surface area contributed by atoms with Crippen molar-refractivity contribution in [2.24, 2.45) is 0 Å². The van der Waals surface area contributed by atoms with Crippen LogP contribution in [0.15, 0.2) is 46.0 Å². The Kier molecular flexibility index (Phi) is 5.42. The number of thioether (sulfide) groups is 1. The molecule has 0 fully saturated rings. The first kappa shape index (κ1) is 16.0. The Morgan fingerprint density at radius 3 is 2.62 bits per heavy atom. The quantitative estimate of drug-likeness (QED) is 0.812. The molecule has 1 aromatic heterocycles. The second-order valence-electron chi connectivity index (χ2n) is 5.42. The number of rotatable bonds is 6. The number of nitrogens with one attached hydrogen (secondary N) is 1. The molecule has 0 radical (unpaired) electrons. The third-order valence-electron chi connectivity index (χ3n) is 3.21. The summed E-state index contributed by atoms with van der Waals surface area (Å²) in [5.74, 6) is 0.0691. The Hall–Kier alpha value is -1.33. The van der Waals surface area contributed by atoms with Gasteiger partial charge in [0.1, 0.15) is 5.82 Å². The average Bonchev–Trinajstić information content (AvgIpc) is 3.00. The molecule has 0 saturated heterocycles. The number of halogens is 1. The fourth-order valence-corrected chi connectivity index (χ4v) is 3.38. The van der Waals surface area contributed by atoms with Crippen molar-refractivity contribution in [1.29, 1.82) is 0 Å². The lowest BCUT2D eigenvalue weighted by Gasteiger charge is -2.24. The van der Waals surface area contributed by atoms with E-state index in [4.69, 9.17) is 0 Å². The van der Waals surface area contributed by atoms with Crippen LogP contribution in [-0.2, 0) is 10.2 Å². The van der Waals surface area contributed by atoms with Gasteiger partial charge in [-0.05, 0) is 46.7 Å². The van der Waals surface area contributed by atoms with E-state index in [0.29, 0.717) is 12.3 Å². The van der Waals surface area contributed by atoms with Crippen molar-refractivity contribution >= 4 is 29.0 Å². The number of carbonyl (C=O) groups is 1. The lowest BCUT2D eigenvalue weighted by atomic mass is 9.87. The summed E-state index contributed by atoms with van der Waals surface area (Å²) in [6, 6.07) is 8.26. The Bertz CT molecular complexity index is 579. The van der Waals surface area contributed by atoms with E-state index in [1.807, 2.05) is 5.38 Å². The summed E-state index contributed by atoms with van der Waals surface area (Å²) >= 11 is 3.07. The van der Waals surface area contributed by atoms with Crippen LogP contribution in [0.3, 0.4) is 0 Å². The predicted octanol–water partition coefficient (Wildman–Crippen LogP) is 4.07. The standard InChI is InChI=1S/C16H18FNOS2/c1-16(2,12-7-8-20-9-12)11-18-15(19)10-21-14-5-3-13(17)4-6-14/h3-9H,10-11H2,1-2H3,(H,18,19). The van der Waals surface area contributed by atoms with Crippen molar-refractivity contribution in [1.82, 2.24) is 5.32 Å². The van der Waals surface area contributed by atoms with E-state index in [9.17, 15) is 9.18 Å². The monoisotopic (exact) mass is 323 g/mol. The van der Waals surface area contributed by atoms with Crippen LogP contribution < -0.4 is 5.32 Å². The van der Waals surface area contributed by atoms with Gasteiger partial charge in [0.25, 0.3) is 0 Å². The largest absolute Gasteiger partial charge is 0.355 e. The minimum atomic E-state index is -0.263. The predicted molar refractivity (Wildman–Crippen MR) is 87.5 cm³/mol. The molecule has 0 saturated carbocycles. The van der Waals surface area contributed by atoms with Crippen LogP contribution in [0.1, 0.15) is 19.4 Å². The molecule has 0 unspecified atom stereocenters. The molecule has 2 aromatic rings. The highest BCUT2D eigenvalue weighted by Gasteiger charge is 2.21. The van der Waals surface area contributed by atoms with Crippen molar-refractivity contribution in [3.05, 3.63) is 52.5 Å². The summed E-state index contributed by atoms with van der Waals surface area (Å²) in [7, 11) is 0. The van der Waals surface area contributed by atoms with Crippen LogP contribution in [0, 0.1) is 5.82 Å². The fraction of sp³-hybridized carbons (Fsp3) is 0.312. The van der Waals surface area contributed by atoms with Gasteiger partial charge in [-0.2, -0.15) is 11.3 Å². The Labute approximate surface area is 132 Å². The second kappa shape index (κ2) is 7.09. The normalized spacial score (nSPS) is 11.4. The topological polar surface area (TPSA) is 29.1 Å². The number of hydrogen-bond acceptors (Lipinski definition) is 3. The Balaban J connectivity index is 1.78. The van der Waals surface area contributed by atoms with Gasteiger partial charge in [-0.1, -0.05) is 13.8 Å². The molecular weight excluding hydrogens is 305 g/mol. The highest BCUT2D eigenvalue weighted by molar-refractivity contribution is 8.00. The molecule has 112 valence electrons. The van der Waals surface area contributed by atoms with Gasteiger partial charge in [0.15, 0.2) is 0 Å². The first-order chi connectivity index (χ1) is 9.97. The zero-order valence-corrected chi connectivity index (χ0v) is 13.7. The van der Waals surface area contributed by atoms with Crippen molar-refractivity contribution in [3.63, 3.8) is 0 Å². The fourth-order valence-electron chi connectivity index (χ4n) is 1.80. The Morgan fingerprint density at radius 1 is 1.29 bits per heavy atom. The molecule has 2 nitrogen and oxygen atoms in total. The average molecular weight is 323 g/mol. The van der Waals surface area contributed by atoms with Crippen LogP contribution in [0.25, 0.3) is 0 Å². The molecule has 1 aromatic carbocycles. The molecular formula is C16H18FNOS2. The third-order valence-corrected chi connectivity index (χ3v) is 4.91. The molecule has 1 N–H and O–H groups in total. The van der Waals surface area contributed by atoms with E-state index in [1.165, 1.54) is 29.5 Å². The maximum Gasteiger partial charge on any atom is 0.230 e. The summed E-state index contributed by atoms with van der Waals surface area (Å²) in [6.45, 7) is 4.83. The van der Waals surface area contributed by atoms with Gasteiger partial charge >= 0.3 is 0 Å². The van der Waals surface area contributed by atoms with E-state index in [1.54, 1.807) is 23.5 Å². The second-order valence-corrected chi connectivity index (χ2v) is 7.24. The van der Waals surface area contributed by atoms with Crippen LogP contribution in [0.5, 0.6) is 0 Å². The van der Waals surface area contributed by atoms with E-state index < -0.39 is 0 Å².